The Balaban J connectivity index is 0.000000205. The van der Waals surface area contributed by atoms with Gasteiger partial charge in [0.15, 0.2) is 5.65 Å². The van der Waals surface area contributed by atoms with Crippen LogP contribution in [-0.4, -0.2) is 74.0 Å². The predicted octanol–water partition coefficient (Wildman–Crippen LogP) is 9.42. The molecule has 9 nitrogen and oxygen atoms in total. The van der Waals surface area contributed by atoms with Crippen molar-refractivity contribution in [2.45, 2.75) is 103 Å². The van der Waals surface area contributed by atoms with Crippen molar-refractivity contribution in [3.63, 3.8) is 0 Å². The number of nitrogens with zero attached hydrogens (tertiary/aromatic N) is 5. The summed E-state index contributed by atoms with van der Waals surface area (Å²) in [7, 11) is 0. The number of hydrogen-bond acceptors (Lipinski definition) is 6. The summed E-state index contributed by atoms with van der Waals surface area (Å²) in [4.78, 5) is 32.5. The number of halogens is 1. The highest BCUT2D eigenvalue weighted by Crippen LogP contribution is 2.37. The van der Waals surface area contributed by atoms with Gasteiger partial charge >= 0.3 is 12.2 Å². The maximum absolute atomic E-state index is 12.3. The van der Waals surface area contributed by atoms with E-state index in [9.17, 15) is 9.59 Å². The number of ether oxygens (including phenoxy) is 2. The van der Waals surface area contributed by atoms with Gasteiger partial charge in [-0.3, -0.25) is 0 Å². The van der Waals surface area contributed by atoms with E-state index in [1.54, 1.807) is 10.7 Å². The van der Waals surface area contributed by atoms with Crippen molar-refractivity contribution in [1.82, 2.24) is 24.4 Å². The maximum atomic E-state index is 12.3. The number of carbonyl (C=O) groups excluding carboxylic acids is 2. The van der Waals surface area contributed by atoms with Crippen molar-refractivity contribution in [3.05, 3.63) is 88.8 Å². The van der Waals surface area contributed by atoms with E-state index in [4.69, 9.17) is 9.47 Å². The minimum atomic E-state index is -0.457. The Labute approximate surface area is 305 Å². The fourth-order valence-electron chi connectivity index (χ4n) is 6.47. The first kappa shape index (κ1) is 37.3. The normalized spacial score (nSPS) is 17.5. The smallest absolute Gasteiger partial charge is 0.410 e. The predicted molar refractivity (Wildman–Crippen MR) is 201 cm³/mol. The van der Waals surface area contributed by atoms with E-state index >= 15 is 0 Å². The molecule has 2 amide bonds. The molecule has 4 heterocycles. The summed E-state index contributed by atoms with van der Waals surface area (Å²) < 4.78 is 13.8. The number of likely N-dealkylation sites (tertiary alicyclic amines) is 2. The van der Waals surface area contributed by atoms with Crippen LogP contribution in [0.1, 0.15) is 92.2 Å². The third kappa shape index (κ3) is 9.44. The summed E-state index contributed by atoms with van der Waals surface area (Å²) in [6.07, 6.45) is 9.00. The molecule has 0 spiro atoms. The SMILES string of the molecule is CC(C)(C)OC(=O)N1CCC(C)(c2ccc(-c3cnc4ccnn4c3)cc2)CC1.CC(C)(C)OC(=O)N1CCC(C)(c2ccc(Br)cc2)CC1. The van der Waals surface area contributed by atoms with E-state index in [0.717, 1.165) is 60.0 Å². The lowest BCUT2D eigenvalue weighted by molar-refractivity contribution is 0.0161. The number of piperidine rings is 2. The van der Waals surface area contributed by atoms with Crippen molar-refractivity contribution < 1.29 is 19.1 Å². The Morgan fingerprint density at radius 1 is 0.680 bits per heavy atom. The van der Waals surface area contributed by atoms with Crippen molar-refractivity contribution in [2.24, 2.45) is 0 Å². The molecule has 2 aliphatic heterocycles. The van der Waals surface area contributed by atoms with Crippen LogP contribution in [0.15, 0.2) is 77.7 Å². The van der Waals surface area contributed by atoms with Crippen LogP contribution in [0.25, 0.3) is 16.8 Å². The van der Waals surface area contributed by atoms with Crippen molar-refractivity contribution in [1.29, 1.82) is 0 Å². The molecule has 0 atom stereocenters. The number of carbonyl (C=O) groups is 2. The van der Waals surface area contributed by atoms with Crippen molar-refractivity contribution >= 4 is 33.8 Å². The largest absolute Gasteiger partial charge is 0.444 e. The molecular formula is C40H52BrN5O4. The zero-order valence-electron chi connectivity index (χ0n) is 30.8. The molecule has 0 N–H and O–H groups in total. The van der Waals surface area contributed by atoms with Crippen molar-refractivity contribution in [2.75, 3.05) is 26.2 Å². The second-order valence-electron chi connectivity index (χ2n) is 16.1. The highest BCUT2D eigenvalue weighted by atomic mass is 79.9. The molecule has 4 aromatic rings. The molecule has 2 saturated heterocycles. The van der Waals surface area contributed by atoms with E-state index in [1.807, 2.05) is 69.8 Å². The lowest BCUT2D eigenvalue weighted by Gasteiger charge is -2.40. The van der Waals surface area contributed by atoms with E-state index in [0.29, 0.717) is 13.1 Å². The minimum Gasteiger partial charge on any atom is -0.444 e. The summed E-state index contributed by atoms with van der Waals surface area (Å²) in [5, 5.41) is 4.26. The molecule has 0 radical (unpaired) electrons. The first-order valence-electron chi connectivity index (χ1n) is 17.6. The monoisotopic (exact) mass is 745 g/mol. The summed E-state index contributed by atoms with van der Waals surface area (Å²) in [6, 6.07) is 19.1. The van der Waals surface area contributed by atoms with Crippen LogP contribution in [0, 0.1) is 0 Å². The zero-order valence-corrected chi connectivity index (χ0v) is 32.4. The molecule has 2 aromatic heterocycles. The van der Waals surface area contributed by atoms with Gasteiger partial charge in [-0.15, -0.1) is 0 Å². The van der Waals surface area contributed by atoms with Gasteiger partial charge in [0.2, 0.25) is 0 Å². The van der Waals surface area contributed by atoms with Crippen LogP contribution in [0.5, 0.6) is 0 Å². The number of aromatic nitrogens is 3. The minimum absolute atomic E-state index is 0.0568. The van der Waals surface area contributed by atoms with E-state index in [-0.39, 0.29) is 23.0 Å². The molecule has 0 unspecified atom stereocenters. The average Bonchev–Trinajstić information content (AvgIpc) is 3.53. The van der Waals surface area contributed by atoms with Crippen LogP contribution >= 0.6 is 15.9 Å². The number of amides is 2. The summed E-state index contributed by atoms with van der Waals surface area (Å²) in [5.41, 5.74) is 4.96. The van der Waals surface area contributed by atoms with Crippen LogP contribution in [0.3, 0.4) is 0 Å². The molecule has 0 bridgehead atoms. The Morgan fingerprint density at radius 3 is 1.56 bits per heavy atom. The molecule has 2 fully saturated rings. The van der Waals surface area contributed by atoms with E-state index in [1.165, 1.54) is 11.1 Å². The third-order valence-corrected chi connectivity index (χ3v) is 10.3. The molecule has 0 saturated carbocycles. The van der Waals surface area contributed by atoms with Crippen LogP contribution in [-0.2, 0) is 20.3 Å². The quantitative estimate of drug-likeness (QED) is 0.208. The third-order valence-electron chi connectivity index (χ3n) is 9.74. The number of fused-ring (bicyclic) bond motifs is 1. The Morgan fingerprint density at radius 2 is 1.12 bits per heavy atom. The van der Waals surface area contributed by atoms with Gasteiger partial charge in [-0.25, -0.2) is 19.1 Å². The summed E-state index contributed by atoms with van der Waals surface area (Å²) in [6.45, 7) is 18.9. The molecule has 6 rings (SSSR count). The summed E-state index contributed by atoms with van der Waals surface area (Å²) in [5.74, 6) is 0. The second kappa shape index (κ2) is 14.7. The van der Waals surface area contributed by atoms with Crippen LogP contribution in [0.4, 0.5) is 9.59 Å². The van der Waals surface area contributed by atoms with Gasteiger partial charge in [0.1, 0.15) is 11.2 Å². The molecular weight excluding hydrogens is 694 g/mol. The Bertz CT molecular complexity index is 1760. The fourth-order valence-corrected chi connectivity index (χ4v) is 6.74. The van der Waals surface area contributed by atoms with Gasteiger partial charge in [-0.05, 0) is 107 Å². The molecule has 268 valence electrons. The first-order chi connectivity index (χ1) is 23.4. The fraction of sp³-hybridized carbons (Fsp3) is 0.500. The lowest BCUT2D eigenvalue weighted by atomic mass is 9.74. The Kier molecular flexibility index (Phi) is 11.0. The Hall–Kier alpha value is -3.92. The van der Waals surface area contributed by atoms with Gasteiger partial charge in [0.25, 0.3) is 0 Å². The van der Waals surface area contributed by atoms with Crippen molar-refractivity contribution in [3.8, 4) is 11.1 Å². The highest BCUT2D eigenvalue weighted by Gasteiger charge is 2.36. The van der Waals surface area contributed by atoms with Gasteiger partial charge in [0.05, 0.1) is 6.20 Å². The van der Waals surface area contributed by atoms with Crippen LogP contribution < -0.4 is 0 Å². The zero-order chi connectivity index (χ0) is 36.3. The molecule has 2 aromatic carbocycles. The van der Waals surface area contributed by atoms with E-state index in [2.05, 4.69) is 88.4 Å². The average molecular weight is 747 g/mol. The lowest BCUT2D eigenvalue weighted by Crippen LogP contribution is -2.45. The standard InChI is InChI=1S/C23H28N4O2.C17H24BrNO2/c1-22(2,3)29-21(28)26-13-10-23(4,11-14-26)19-7-5-17(6-8-19)18-15-24-20-9-12-25-27(20)16-18;1-16(2,3)21-15(20)19-11-9-17(4,10-12-19)13-5-7-14(18)8-6-13/h5-9,12,15-16H,10-11,13-14H2,1-4H3;5-8H,9-12H2,1-4H3. The first-order valence-corrected chi connectivity index (χ1v) is 18.3. The number of rotatable bonds is 3. The summed E-state index contributed by atoms with van der Waals surface area (Å²) >= 11 is 3.47. The van der Waals surface area contributed by atoms with E-state index < -0.39 is 11.2 Å². The molecule has 0 aliphatic carbocycles. The molecule has 50 heavy (non-hydrogen) atoms. The molecule has 2 aliphatic rings. The molecule has 10 heteroatoms. The number of benzene rings is 2. The highest BCUT2D eigenvalue weighted by molar-refractivity contribution is 9.10. The topological polar surface area (TPSA) is 89.3 Å². The number of hydrogen-bond donors (Lipinski definition) is 0. The van der Waals surface area contributed by atoms with Gasteiger partial charge in [-0.2, -0.15) is 5.10 Å². The van der Waals surface area contributed by atoms with Gasteiger partial charge in [0, 0.05) is 54.7 Å². The second-order valence-corrected chi connectivity index (χ2v) is 17.0. The van der Waals surface area contributed by atoms with Gasteiger partial charge < -0.3 is 19.3 Å². The maximum Gasteiger partial charge on any atom is 0.410 e. The van der Waals surface area contributed by atoms with Crippen LogP contribution in [0.2, 0.25) is 0 Å². The van der Waals surface area contributed by atoms with Gasteiger partial charge in [-0.1, -0.05) is 66.2 Å².